The van der Waals surface area contributed by atoms with Crippen molar-refractivity contribution in [2.75, 3.05) is 17.2 Å². The number of rotatable bonds is 6. The molecule has 0 bridgehead atoms. The molecule has 0 radical (unpaired) electrons. The first kappa shape index (κ1) is 19.8. The average Bonchev–Trinajstić information content (AvgIpc) is 2.75. The number of amides is 2. The summed E-state index contributed by atoms with van der Waals surface area (Å²) in [5.74, 6) is -1.07. The molecule has 0 aliphatic rings. The molecule has 2 N–H and O–H groups in total. The van der Waals surface area contributed by atoms with Crippen molar-refractivity contribution < 1.29 is 19.1 Å². The third-order valence-corrected chi connectivity index (χ3v) is 4.05. The molecule has 3 rings (SSSR count). The Morgan fingerprint density at radius 2 is 1.21 bits per heavy atom. The van der Waals surface area contributed by atoms with Gasteiger partial charge in [0, 0.05) is 22.5 Å². The minimum atomic E-state index is -0.450. The maximum atomic E-state index is 12.6. The maximum absolute atomic E-state index is 12.6. The van der Waals surface area contributed by atoms with Crippen LogP contribution in [0.5, 0.6) is 0 Å². The van der Waals surface area contributed by atoms with Gasteiger partial charge in [-0.2, -0.15) is 0 Å². The van der Waals surface area contributed by atoms with Gasteiger partial charge in [0.1, 0.15) is 0 Å². The Labute approximate surface area is 168 Å². The highest BCUT2D eigenvalue weighted by molar-refractivity contribution is 6.07. The molecule has 0 fully saturated rings. The predicted octanol–water partition coefficient (Wildman–Crippen LogP) is 4.37. The number of benzene rings is 3. The molecule has 3 aromatic carbocycles. The second-order valence-corrected chi connectivity index (χ2v) is 6.16. The molecule has 0 aromatic heterocycles. The van der Waals surface area contributed by atoms with Crippen LogP contribution in [0, 0.1) is 0 Å². The molecule has 0 aliphatic heterocycles. The van der Waals surface area contributed by atoms with Crippen molar-refractivity contribution >= 4 is 29.2 Å². The summed E-state index contributed by atoms with van der Waals surface area (Å²) in [4.78, 5) is 36.7. The van der Waals surface area contributed by atoms with Gasteiger partial charge in [0.05, 0.1) is 12.2 Å². The zero-order valence-electron chi connectivity index (χ0n) is 15.8. The third-order valence-electron chi connectivity index (χ3n) is 4.05. The molecule has 0 unspecified atom stereocenters. The van der Waals surface area contributed by atoms with E-state index < -0.39 is 5.97 Å². The number of nitrogens with one attached hydrogen (secondary N) is 2. The lowest BCUT2D eigenvalue weighted by molar-refractivity contribution is 0.0526. The quantitative estimate of drug-likeness (QED) is 0.614. The number of carbonyl (C=O) groups is 3. The van der Waals surface area contributed by atoms with E-state index in [0.717, 1.165) is 0 Å². The Balaban J connectivity index is 1.70. The molecule has 6 heteroatoms. The SMILES string of the molecule is CCOC(=O)c1cccc(NC(=O)c2cccc(NC(=O)c3ccccc3)c2)c1. The number of carbonyl (C=O) groups excluding carboxylic acids is 3. The van der Waals surface area contributed by atoms with E-state index in [-0.39, 0.29) is 18.4 Å². The van der Waals surface area contributed by atoms with Crippen molar-refractivity contribution in [1.29, 1.82) is 0 Å². The lowest BCUT2D eigenvalue weighted by atomic mass is 10.1. The van der Waals surface area contributed by atoms with E-state index in [1.165, 1.54) is 0 Å². The van der Waals surface area contributed by atoms with Crippen LogP contribution in [0.15, 0.2) is 78.9 Å². The van der Waals surface area contributed by atoms with E-state index in [2.05, 4.69) is 10.6 Å². The van der Waals surface area contributed by atoms with E-state index >= 15 is 0 Å². The fraction of sp³-hybridized carbons (Fsp3) is 0.0870. The number of ether oxygens (including phenoxy) is 1. The Morgan fingerprint density at radius 3 is 1.83 bits per heavy atom. The Kier molecular flexibility index (Phi) is 6.37. The van der Waals surface area contributed by atoms with Crippen molar-refractivity contribution in [3.8, 4) is 0 Å². The van der Waals surface area contributed by atoms with Gasteiger partial charge >= 0.3 is 5.97 Å². The smallest absolute Gasteiger partial charge is 0.338 e. The van der Waals surface area contributed by atoms with Crippen LogP contribution >= 0.6 is 0 Å². The van der Waals surface area contributed by atoms with Gasteiger partial charge < -0.3 is 15.4 Å². The molecule has 0 aliphatic carbocycles. The molecule has 0 saturated heterocycles. The highest BCUT2D eigenvalue weighted by atomic mass is 16.5. The standard InChI is InChI=1S/C23H20N2O4/c1-2-29-23(28)18-11-7-13-20(15-18)25-22(27)17-10-6-12-19(14-17)24-21(26)16-8-4-3-5-9-16/h3-15H,2H2,1H3,(H,24,26)(H,25,27). The molecule has 6 nitrogen and oxygen atoms in total. The van der Waals surface area contributed by atoms with Crippen LogP contribution in [-0.4, -0.2) is 24.4 Å². The molecule has 146 valence electrons. The number of hydrogen-bond acceptors (Lipinski definition) is 4. The number of anilines is 2. The van der Waals surface area contributed by atoms with E-state index in [9.17, 15) is 14.4 Å². The topological polar surface area (TPSA) is 84.5 Å². The van der Waals surface area contributed by atoms with E-state index in [1.54, 1.807) is 79.7 Å². The van der Waals surface area contributed by atoms with Crippen LogP contribution < -0.4 is 10.6 Å². The Bertz CT molecular complexity index is 1030. The fourth-order valence-electron chi connectivity index (χ4n) is 2.67. The van der Waals surface area contributed by atoms with Crippen LogP contribution in [0.1, 0.15) is 38.0 Å². The van der Waals surface area contributed by atoms with Crippen LogP contribution in [0.3, 0.4) is 0 Å². The van der Waals surface area contributed by atoms with E-state index in [0.29, 0.717) is 28.1 Å². The summed E-state index contributed by atoms with van der Waals surface area (Å²) in [6.45, 7) is 2.00. The van der Waals surface area contributed by atoms with Crippen molar-refractivity contribution in [1.82, 2.24) is 0 Å². The average molecular weight is 388 g/mol. The third kappa shape index (κ3) is 5.29. The molecule has 29 heavy (non-hydrogen) atoms. The van der Waals surface area contributed by atoms with Gasteiger partial charge in [-0.25, -0.2) is 4.79 Å². The molecule has 3 aromatic rings. The summed E-state index contributed by atoms with van der Waals surface area (Å²) in [6.07, 6.45) is 0. The first-order valence-corrected chi connectivity index (χ1v) is 9.12. The van der Waals surface area contributed by atoms with E-state index in [1.807, 2.05) is 6.07 Å². The molecule has 0 heterocycles. The van der Waals surface area contributed by atoms with Gasteiger partial charge in [-0.1, -0.05) is 30.3 Å². The van der Waals surface area contributed by atoms with E-state index in [4.69, 9.17) is 4.74 Å². The monoisotopic (exact) mass is 388 g/mol. The molecule has 0 saturated carbocycles. The highest BCUT2D eigenvalue weighted by Crippen LogP contribution is 2.16. The second kappa shape index (κ2) is 9.32. The summed E-state index contributed by atoms with van der Waals surface area (Å²) >= 11 is 0. The minimum absolute atomic E-state index is 0.259. The van der Waals surface area contributed by atoms with Crippen molar-refractivity contribution in [2.45, 2.75) is 6.92 Å². The molecule has 0 spiro atoms. The highest BCUT2D eigenvalue weighted by Gasteiger charge is 2.11. The second-order valence-electron chi connectivity index (χ2n) is 6.16. The molecule has 0 atom stereocenters. The summed E-state index contributed by atoms with van der Waals surface area (Å²) in [6, 6.07) is 22.0. The fourth-order valence-corrected chi connectivity index (χ4v) is 2.67. The minimum Gasteiger partial charge on any atom is -0.462 e. The lowest BCUT2D eigenvalue weighted by Gasteiger charge is -2.09. The van der Waals surface area contributed by atoms with Gasteiger partial charge in [0.15, 0.2) is 0 Å². The molecular formula is C23H20N2O4. The van der Waals surface area contributed by atoms with Gasteiger partial charge in [0.25, 0.3) is 11.8 Å². The Hall–Kier alpha value is -3.93. The van der Waals surface area contributed by atoms with Gasteiger partial charge in [-0.05, 0) is 55.5 Å². The first-order chi connectivity index (χ1) is 14.1. The van der Waals surface area contributed by atoms with Gasteiger partial charge in [-0.3, -0.25) is 9.59 Å². The van der Waals surface area contributed by atoms with Gasteiger partial charge in [-0.15, -0.1) is 0 Å². The predicted molar refractivity (Wildman–Crippen MR) is 111 cm³/mol. The maximum Gasteiger partial charge on any atom is 0.338 e. The summed E-state index contributed by atoms with van der Waals surface area (Å²) in [5.41, 5.74) is 2.23. The van der Waals surface area contributed by atoms with Crippen LogP contribution in [0.25, 0.3) is 0 Å². The van der Waals surface area contributed by atoms with Crippen molar-refractivity contribution in [3.05, 3.63) is 95.6 Å². The summed E-state index contributed by atoms with van der Waals surface area (Å²) < 4.78 is 4.97. The largest absolute Gasteiger partial charge is 0.462 e. The van der Waals surface area contributed by atoms with Crippen LogP contribution in [0.2, 0.25) is 0 Å². The zero-order chi connectivity index (χ0) is 20.6. The van der Waals surface area contributed by atoms with Gasteiger partial charge in [0.2, 0.25) is 0 Å². The molecular weight excluding hydrogens is 368 g/mol. The number of esters is 1. The summed E-state index contributed by atoms with van der Waals surface area (Å²) in [7, 11) is 0. The normalized spacial score (nSPS) is 10.1. The lowest BCUT2D eigenvalue weighted by Crippen LogP contribution is -2.15. The number of hydrogen-bond donors (Lipinski definition) is 2. The van der Waals surface area contributed by atoms with Crippen molar-refractivity contribution in [2.24, 2.45) is 0 Å². The van der Waals surface area contributed by atoms with Crippen LogP contribution in [0.4, 0.5) is 11.4 Å². The van der Waals surface area contributed by atoms with Crippen molar-refractivity contribution in [3.63, 3.8) is 0 Å². The Morgan fingerprint density at radius 1 is 0.690 bits per heavy atom. The zero-order valence-corrected chi connectivity index (χ0v) is 15.8. The van der Waals surface area contributed by atoms with Crippen LogP contribution in [-0.2, 0) is 4.74 Å². The summed E-state index contributed by atoms with van der Waals surface area (Å²) in [5, 5.41) is 5.52. The first-order valence-electron chi connectivity index (χ1n) is 9.12. The molecule has 2 amide bonds.